The molecule has 0 radical (unpaired) electrons. The molecule has 94 valence electrons. The highest BCUT2D eigenvalue weighted by Gasteiger charge is 2.21. The Balaban J connectivity index is 3.25. The van der Waals surface area contributed by atoms with Crippen LogP contribution in [0.1, 0.15) is 35.0 Å². The van der Waals surface area contributed by atoms with Crippen molar-refractivity contribution in [1.82, 2.24) is 4.98 Å². The van der Waals surface area contributed by atoms with E-state index in [2.05, 4.69) is 20.9 Å². The van der Waals surface area contributed by atoms with Crippen LogP contribution in [0.4, 0.5) is 8.78 Å². The number of nitrogens with zero attached hydrogens (tertiary/aromatic N) is 1. The summed E-state index contributed by atoms with van der Waals surface area (Å²) in [5, 5.41) is -0.0565. The number of hydrogen-bond donors (Lipinski definition) is 0. The first kappa shape index (κ1) is 14.3. The summed E-state index contributed by atoms with van der Waals surface area (Å²) in [5.74, 6) is -0.666. The van der Waals surface area contributed by atoms with Crippen molar-refractivity contribution in [2.75, 3.05) is 6.61 Å². The van der Waals surface area contributed by atoms with E-state index in [9.17, 15) is 13.6 Å². The number of carbonyl (C=O) groups excluding carboxylic acids is 1. The Kier molecular flexibility index (Phi) is 5.27. The molecule has 0 unspecified atom stereocenters. The molecule has 17 heavy (non-hydrogen) atoms. The third-order valence-electron chi connectivity index (χ3n) is 1.92. The van der Waals surface area contributed by atoms with Gasteiger partial charge < -0.3 is 4.74 Å². The molecule has 0 N–H and O–H groups in total. The van der Waals surface area contributed by atoms with Gasteiger partial charge in [0.15, 0.2) is 0 Å². The molecule has 0 saturated carbocycles. The zero-order chi connectivity index (χ0) is 13.0. The number of ether oxygens (including phenoxy) is 1. The largest absolute Gasteiger partial charge is 0.462 e. The van der Waals surface area contributed by atoms with Crippen molar-refractivity contribution in [2.24, 2.45) is 0 Å². The number of alkyl halides is 3. The van der Waals surface area contributed by atoms with E-state index in [0.29, 0.717) is 5.56 Å². The van der Waals surface area contributed by atoms with Gasteiger partial charge in [0.25, 0.3) is 6.43 Å². The van der Waals surface area contributed by atoms with Crippen LogP contribution in [-0.2, 0) is 10.1 Å². The van der Waals surface area contributed by atoms with Gasteiger partial charge in [-0.3, -0.25) is 0 Å². The van der Waals surface area contributed by atoms with Crippen molar-refractivity contribution in [1.29, 1.82) is 0 Å². The first-order valence-corrected chi connectivity index (χ1v) is 6.21. The summed E-state index contributed by atoms with van der Waals surface area (Å²) < 4.78 is 29.8. The van der Waals surface area contributed by atoms with Crippen LogP contribution >= 0.6 is 27.5 Å². The van der Waals surface area contributed by atoms with Crippen LogP contribution in [0.15, 0.2) is 6.07 Å². The summed E-state index contributed by atoms with van der Waals surface area (Å²) >= 11 is 8.83. The van der Waals surface area contributed by atoms with Crippen LogP contribution in [0.3, 0.4) is 0 Å². The van der Waals surface area contributed by atoms with Gasteiger partial charge in [0.05, 0.1) is 6.61 Å². The molecule has 3 nitrogen and oxygen atoms in total. The fraction of sp³-hybridized carbons (Fsp3) is 0.400. The van der Waals surface area contributed by atoms with Crippen molar-refractivity contribution in [3.63, 3.8) is 0 Å². The zero-order valence-electron chi connectivity index (χ0n) is 8.84. The molecule has 0 spiro atoms. The summed E-state index contributed by atoms with van der Waals surface area (Å²) in [6, 6.07) is 1.14. The van der Waals surface area contributed by atoms with Crippen LogP contribution < -0.4 is 0 Å². The van der Waals surface area contributed by atoms with Gasteiger partial charge in [-0.1, -0.05) is 27.5 Å². The lowest BCUT2D eigenvalue weighted by molar-refractivity contribution is 0.0524. The van der Waals surface area contributed by atoms with Gasteiger partial charge in [0.2, 0.25) is 0 Å². The Morgan fingerprint density at radius 2 is 2.29 bits per heavy atom. The first-order valence-electron chi connectivity index (χ1n) is 4.71. The highest BCUT2D eigenvalue weighted by atomic mass is 79.9. The Hall–Kier alpha value is -0.750. The molecule has 0 aliphatic heterocycles. The normalized spacial score (nSPS) is 10.7. The molecule has 0 bridgehead atoms. The van der Waals surface area contributed by atoms with Gasteiger partial charge in [0.1, 0.15) is 16.4 Å². The molecular weight excluding hydrogens is 319 g/mol. The Bertz CT molecular complexity index is 429. The van der Waals surface area contributed by atoms with Crippen LogP contribution in [0.2, 0.25) is 5.15 Å². The van der Waals surface area contributed by atoms with E-state index in [1.807, 2.05) is 0 Å². The molecule has 0 amide bonds. The van der Waals surface area contributed by atoms with Gasteiger partial charge >= 0.3 is 5.97 Å². The monoisotopic (exact) mass is 327 g/mol. The fourth-order valence-corrected chi connectivity index (χ4v) is 1.96. The third-order valence-corrected chi connectivity index (χ3v) is 2.80. The molecule has 1 heterocycles. The Morgan fingerprint density at radius 3 is 2.76 bits per heavy atom. The van der Waals surface area contributed by atoms with Crippen molar-refractivity contribution >= 4 is 33.5 Å². The smallest absolute Gasteiger partial charge is 0.341 e. The third kappa shape index (κ3) is 3.35. The number of esters is 1. The van der Waals surface area contributed by atoms with Crippen LogP contribution in [-0.4, -0.2) is 17.6 Å². The lowest BCUT2D eigenvalue weighted by atomic mass is 10.1. The van der Waals surface area contributed by atoms with Crippen molar-refractivity contribution in [3.8, 4) is 0 Å². The molecular formula is C10H9BrClF2NO2. The van der Waals surface area contributed by atoms with Gasteiger partial charge in [-0.25, -0.2) is 18.6 Å². The minimum atomic E-state index is -2.73. The van der Waals surface area contributed by atoms with Crippen LogP contribution in [0, 0.1) is 0 Å². The lowest BCUT2D eigenvalue weighted by Gasteiger charge is -2.10. The second-order valence-corrected chi connectivity index (χ2v) is 3.95. The Morgan fingerprint density at radius 1 is 1.65 bits per heavy atom. The van der Waals surface area contributed by atoms with E-state index in [1.54, 1.807) is 6.92 Å². The minimum absolute atomic E-state index is 0.0230. The second kappa shape index (κ2) is 6.26. The molecule has 0 aromatic carbocycles. The van der Waals surface area contributed by atoms with E-state index in [0.717, 1.165) is 6.07 Å². The predicted molar refractivity (Wildman–Crippen MR) is 62.8 cm³/mol. The van der Waals surface area contributed by atoms with E-state index in [4.69, 9.17) is 16.3 Å². The fourth-order valence-electron chi connectivity index (χ4n) is 1.22. The van der Waals surface area contributed by atoms with E-state index in [1.165, 1.54) is 0 Å². The predicted octanol–water partition coefficient (Wildman–Crippen LogP) is 3.74. The van der Waals surface area contributed by atoms with E-state index in [-0.39, 0.29) is 22.7 Å². The molecule has 0 fully saturated rings. The number of pyridine rings is 1. The molecule has 7 heteroatoms. The topological polar surface area (TPSA) is 39.2 Å². The number of halogens is 4. The summed E-state index contributed by atoms with van der Waals surface area (Å²) in [7, 11) is 0. The highest BCUT2D eigenvalue weighted by molar-refractivity contribution is 9.08. The maximum atomic E-state index is 12.5. The summed E-state index contributed by atoms with van der Waals surface area (Å²) in [4.78, 5) is 15.0. The molecule has 0 aliphatic rings. The quantitative estimate of drug-likeness (QED) is 0.480. The number of aromatic nitrogens is 1. The van der Waals surface area contributed by atoms with Gasteiger partial charge in [-0.2, -0.15) is 0 Å². The average Bonchev–Trinajstić information content (AvgIpc) is 2.27. The summed E-state index contributed by atoms with van der Waals surface area (Å²) in [6.45, 7) is 1.81. The van der Waals surface area contributed by atoms with Crippen LogP contribution in [0.25, 0.3) is 0 Å². The van der Waals surface area contributed by atoms with Gasteiger partial charge in [-0.15, -0.1) is 0 Å². The summed E-state index contributed by atoms with van der Waals surface area (Å²) in [6.07, 6.45) is -2.73. The molecule has 0 atom stereocenters. The minimum Gasteiger partial charge on any atom is -0.462 e. The van der Waals surface area contributed by atoms with E-state index >= 15 is 0 Å². The molecule has 1 aromatic heterocycles. The number of rotatable bonds is 4. The van der Waals surface area contributed by atoms with Crippen molar-refractivity contribution in [2.45, 2.75) is 18.7 Å². The average molecular weight is 329 g/mol. The zero-order valence-corrected chi connectivity index (χ0v) is 11.2. The van der Waals surface area contributed by atoms with Crippen molar-refractivity contribution in [3.05, 3.63) is 28.0 Å². The van der Waals surface area contributed by atoms with Crippen LogP contribution in [0.5, 0.6) is 0 Å². The maximum absolute atomic E-state index is 12.5. The highest BCUT2D eigenvalue weighted by Crippen LogP contribution is 2.27. The first-order chi connectivity index (χ1) is 8.01. The standard InChI is InChI=1S/C10H9BrClF2NO2/c1-2-17-10(16)7-5(4-11)3-6(9(13)14)15-8(7)12/h3,9H,2,4H2,1H3. The molecule has 0 aliphatic carbocycles. The molecule has 1 aromatic rings. The van der Waals surface area contributed by atoms with Gasteiger partial charge in [0, 0.05) is 5.33 Å². The van der Waals surface area contributed by atoms with E-state index < -0.39 is 18.1 Å². The van der Waals surface area contributed by atoms with Crippen molar-refractivity contribution < 1.29 is 18.3 Å². The van der Waals surface area contributed by atoms with Gasteiger partial charge in [-0.05, 0) is 18.6 Å². The lowest BCUT2D eigenvalue weighted by Crippen LogP contribution is -2.10. The SMILES string of the molecule is CCOC(=O)c1c(CBr)cc(C(F)F)nc1Cl. The second-order valence-electron chi connectivity index (χ2n) is 3.03. The Labute approximate surface area is 110 Å². The summed E-state index contributed by atoms with van der Waals surface area (Å²) in [5.41, 5.74) is -0.106. The molecule has 1 rings (SSSR count). The number of hydrogen-bond acceptors (Lipinski definition) is 3. The molecule has 0 saturated heterocycles. The maximum Gasteiger partial charge on any atom is 0.341 e. The number of carbonyl (C=O) groups is 1.